The summed E-state index contributed by atoms with van der Waals surface area (Å²) in [5, 5.41) is 10.1. The molecule has 7 heteroatoms. The van der Waals surface area contributed by atoms with Gasteiger partial charge in [-0.2, -0.15) is 0 Å². The van der Waals surface area contributed by atoms with Crippen LogP contribution in [0.25, 0.3) is 11.6 Å². The minimum absolute atomic E-state index is 0.734. The Bertz CT molecular complexity index is 726. The maximum Gasteiger partial charge on any atom is 0.200 e. The average molecular weight is 352 g/mol. The molecule has 22 heavy (non-hydrogen) atoms. The van der Waals surface area contributed by atoms with E-state index in [0.29, 0.717) is 0 Å². The van der Waals surface area contributed by atoms with Crippen LogP contribution in [-0.2, 0) is 7.05 Å². The SMILES string of the molecule is Cn1c(SCCSc2ccc(Cl)cc2)nnc1-c1ccco1. The smallest absolute Gasteiger partial charge is 0.200 e. The number of halogens is 1. The third-order valence-electron chi connectivity index (χ3n) is 2.97. The molecule has 0 amide bonds. The molecule has 0 spiro atoms. The summed E-state index contributed by atoms with van der Waals surface area (Å²) in [7, 11) is 1.95. The Kier molecular flexibility index (Phi) is 5.12. The molecule has 0 unspecified atom stereocenters. The number of hydrogen-bond acceptors (Lipinski definition) is 5. The Morgan fingerprint density at radius 2 is 1.86 bits per heavy atom. The molecule has 0 N–H and O–H groups in total. The van der Waals surface area contributed by atoms with E-state index in [-0.39, 0.29) is 0 Å². The number of furan rings is 1. The lowest BCUT2D eigenvalue weighted by Gasteiger charge is -2.03. The van der Waals surface area contributed by atoms with E-state index in [9.17, 15) is 0 Å². The second-order valence-corrected chi connectivity index (χ2v) is 7.16. The van der Waals surface area contributed by atoms with Gasteiger partial charge >= 0.3 is 0 Å². The monoisotopic (exact) mass is 351 g/mol. The van der Waals surface area contributed by atoms with Crippen LogP contribution < -0.4 is 0 Å². The largest absolute Gasteiger partial charge is 0.461 e. The van der Waals surface area contributed by atoms with Gasteiger partial charge in [0.1, 0.15) is 0 Å². The van der Waals surface area contributed by atoms with Gasteiger partial charge in [0.2, 0.25) is 0 Å². The van der Waals surface area contributed by atoms with Gasteiger partial charge in [0.05, 0.1) is 6.26 Å². The second kappa shape index (κ2) is 7.26. The standard InChI is InChI=1S/C15H14ClN3OS2/c1-19-14(13-3-2-8-20-13)17-18-15(19)22-10-9-21-12-6-4-11(16)5-7-12/h2-8H,9-10H2,1H3. The number of nitrogens with zero attached hydrogens (tertiary/aromatic N) is 3. The Morgan fingerprint density at radius 1 is 1.09 bits per heavy atom. The zero-order chi connectivity index (χ0) is 15.4. The van der Waals surface area contributed by atoms with Crippen LogP contribution in [0, 0.1) is 0 Å². The molecule has 3 aromatic rings. The minimum Gasteiger partial charge on any atom is -0.461 e. The lowest BCUT2D eigenvalue weighted by Crippen LogP contribution is -1.95. The maximum absolute atomic E-state index is 5.88. The predicted molar refractivity (Wildman–Crippen MR) is 91.6 cm³/mol. The fourth-order valence-corrected chi connectivity index (χ4v) is 3.80. The van der Waals surface area contributed by atoms with Crippen molar-refractivity contribution in [1.29, 1.82) is 0 Å². The van der Waals surface area contributed by atoms with Crippen LogP contribution >= 0.6 is 35.1 Å². The number of hydrogen-bond donors (Lipinski definition) is 0. The van der Waals surface area contributed by atoms with Crippen LogP contribution in [0.4, 0.5) is 0 Å². The molecule has 0 saturated carbocycles. The summed E-state index contributed by atoms with van der Waals surface area (Å²) in [6.45, 7) is 0. The average Bonchev–Trinajstić information content (AvgIpc) is 3.16. The second-order valence-electron chi connectivity index (χ2n) is 4.49. The zero-order valence-corrected chi connectivity index (χ0v) is 14.3. The van der Waals surface area contributed by atoms with Crippen molar-refractivity contribution in [1.82, 2.24) is 14.8 Å². The van der Waals surface area contributed by atoms with Gasteiger partial charge in [0, 0.05) is 28.5 Å². The van der Waals surface area contributed by atoms with E-state index in [4.69, 9.17) is 16.0 Å². The highest BCUT2D eigenvalue weighted by atomic mass is 35.5. The van der Waals surface area contributed by atoms with Gasteiger partial charge in [0.15, 0.2) is 16.7 Å². The molecular formula is C15H14ClN3OS2. The number of thioether (sulfide) groups is 2. The molecule has 0 aliphatic rings. The van der Waals surface area contributed by atoms with E-state index >= 15 is 0 Å². The molecule has 0 atom stereocenters. The summed E-state index contributed by atoms with van der Waals surface area (Å²) >= 11 is 9.37. The summed E-state index contributed by atoms with van der Waals surface area (Å²) in [5.41, 5.74) is 0. The van der Waals surface area contributed by atoms with Gasteiger partial charge in [-0.1, -0.05) is 23.4 Å². The molecule has 0 aliphatic carbocycles. The first-order valence-corrected chi connectivity index (χ1v) is 9.03. The highest BCUT2D eigenvalue weighted by Gasteiger charge is 2.12. The summed E-state index contributed by atoms with van der Waals surface area (Å²) in [6.07, 6.45) is 1.64. The van der Waals surface area contributed by atoms with Gasteiger partial charge in [-0.05, 0) is 36.4 Å². The molecule has 4 nitrogen and oxygen atoms in total. The van der Waals surface area contributed by atoms with Crippen molar-refractivity contribution in [3.05, 3.63) is 47.7 Å². The van der Waals surface area contributed by atoms with Crippen molar-refractivity contribution in [3.8, 4) is 11.6 Å². The lowest BCUT2D eigenvalue weighted by atomic mass is 10.4. The Hall–Kier alpha value is -1.37. The number of aromatic nitrogens is 3. The third-order valence-corrected chi connectivity index (χ3v) is 5.52. The molecular weight excluding hydrogens is 338 g/mol. The molecule has 114 valence electrons. The Labute approximate surface area is 142 Å². The van der Waals surface area contributed by atoms with Gasteiger partial charge in [-0.3, -0.25) is 0 Å². The van der Waals surface area contributed by atoms with E-state index in [2.05, 4.69) is 10.2 Å². The third kappa shape index (κ3) is 3.69. The van der Waals surface area contributed by atoms with Crippen LogP contribution in [0.3, 0.4) is 0 Å². The molecule has 2 aromatic heterocycles. The lowest BCUT2D eigenvalue weighted by molar-refractivity contribution is 0.572. The molecule has 0 saturated heterocycles. The molecule has 0 aliphatic heterocycles. The van der Waals surface area contributed by atoms with Crippen molar-refractivity contribution >= 4 is 35.1 Å². The van der Waals surface area contributed by atoms with Crippen molar-refractivity contribution in [3.63, 3.8) is 0 Å². The van der Waals surface area contributed by atoms with E-state index < -0.39 is 0 Å². The predicted octanol–water partition coefficient (Wildman–Crippen LogP) is 4.61. The van der Waals surface area contributed by atoms with Gasteiger partial charge in [-0.25, -0.2) is 0 Å². The van der Waals surface area contributed by atoms with Crippen molar-refractivity contribution in [2.24, 2.45) is 7.05 Å². The Balaban J connectivity index is 1.53. The van der Waals surface area contributed by atoms with Crippen LogP contribution in [0.1, 0.15) is 0 Å². The van der Waals surface area contributed by atoms with Crippen molar-refractivity contribution < 1.29 is 4.42 Å². The quantitative estimate of drug-likeness (QED) is 0.479. The van der Waals surface area contributed by atoms with Crippen molar-refractivity contribution in [2.75, 3.05) is 11.5 Å². The normalized spacial score (nSPS) is 11.0. The molecule has 0 radical (unpaired) electrons. The fourth-order valence-electron chi connectivity index (χ4n) is 1.88. The highest BCUT2D eigenvalue weighted by Crippen LogP contribution is 2.25. The maximum atomic E-state index is 5.88. The Morgan fingerprint density at radius 3 is 2.59 bits per heavy atom. The summed E-state index contributed by atoms with van der Waals surface area (Å²) in [4.78, 5) is 1.22. The molecule has 3 rings (SSSR count). The van der Waals surface area contributed by atoms with Gasteiger partial charge in [-0.15, -0.1) is 22.0 Å². The van der Waals surface area contributed by atoms with Crippen LogP contribution in [-0.4, -0.2) is 26.3 Å². The first kappa shape index (κ1) is 15.5. The van der Waals surface area contributed by atoms with E-state index in [1.54, 1.807) is 29.8 Å². The minimum atomic E-state index is 0.734. The summed E-state index contributed by atoms with van der Waals surface area (Å²) < 4.78 is 7.31. The van der Waals surface area contributed by atoms with E-state index in [1.807, 2.05) is 48.0 Å². The zero-order valence-electron chi connectivity index (χ0n) is 11.9. The molecule has 2 heterocycles. The van der Waals surface area contributed by atoms with Crippen LogP contribution in [0.2, 0.25) is 5.02 Å². The first-order chi connectivity index (χ1) is 10.7. The van der Waals surface area contributed by atoms with E-state index in [0.717, 1.165) is 33.3 Å². The summed E-state index contributed by atoms with van der Waals surface area (Å²) in [5.74, 6) is 3.43. The van der Waals surface area contributed by atoms with Crippen LogP contribution in [0.5, 0.6) is 0 Å². The first-order valence-electron chi connectivity index (χ1n) is 6.68. The fraction of sp³-hybridized carbons (Fsp3) is 0.200. The highest BCUT2D eigenvalue weighted by molar-refractivity contribution is 8.02. The number of rotatable bonds is 6. The molecule has 1 aromatic carbocycles. The molecule has 0 bridgehead atoms. The van der Waals surface area contributed by atoms with Gasteiger partial charge in [0.25, 0.3) is 0 Å². The van der Waals surface area contributed by atoms with Crippen LogP contribution in [0.15, 0.2) is 57.1 Å². The molecule has 0 fully saturated rings. The topological polar surface area (TPSA) is 43.9 Å². The van der Waals surface area contributed by atoms with Gasteiger partial charge < -0.3 is 8.98 Å². The van der Waals surface area contributed by atoms with Crippen molar-refractivity contribution in [2.45, 2.75) is 10.1 Å². The number of benzene rings is 1. The summed E-state index contributed by atoms with van der Waals surface area (Å²) in [6, 6.07) is 11.6. The van der Waals surface area contributed by atoms with E-state index in [1.165, 1.54) is 4.90 Å².